The summed E-state index contributed by atoms with van der Waals surface area (Å²) in [6, 6.07) is 18.9. The lowest BCUT2D eigenvalue weighted by Crippen LogP contribution is -2.44. The Morgan fingerprint density at radius 2 is 1.81 bits per heavy atom. The molecule has 2 aliphatic heterocycles. The first-order valence-corrected chi connectivity index (χ1v) is 12.5. The van der Waals surface area contributed by atoms with E-state index in [9.17, 15) is 9.59 Å². The molecule has 0 bridgehead atoms. The van der Waals surface area contributed by atoms with Crippen LogP contribution in [-0.4, -0.2) is 54.2 Å². The number of hydrogen-bond acceptors (Lipinski definition) is 6. The molecule has 37 heavy (non-hydrogen) atoms. The molecule has 5 rings (SSSR count). The second kappa shape index (κ2) is 11.8. The van der Waals surface area contributed by atoms with Crippen molar-refractivity contribution in [1.82, 2.24) is 9.80 Å². The van der Waals surface area contributed by atoms with Crippen LogP contribution in [0.5, 0.6) is 11.5 Å². The molecule has 2 amide bonds. The van der Waals surface area contributed by atoms with Crippen molar-refractivity contribution in [2.75, 3.05) is 26.5 Å². The van der Waals surface area contributed by atoms with E-state index in [1.54, 1.807) is 28.2 Å². The van der Waals surface area contributed by atoms with Gasteiger partial charge in [0.05, 0.1) is 18.9 Å². The zero-order valence-corrected chi connectivity index (χ0v) is 20.6. The van der Waals surface area contributed by atoms with Gasteiger partial charge in [-0.1, -0.05) is 36.4 Å². The van der Waals surface area contributed by atoms with E-state index in [2.05, 4.69) is 0 Å². The van der Waals surface area contributed by atoms with Crippen LogP contribution in [0.1, 0.15) is 29.7 Å². The van der Waals surface area contributed by atoms with Crippen molar-refractivity contribution in [2.24, 2.45) is 0 Å². The molecule has 8 nitrogen and oxygen atoms in total. The second-order valence-electron chi connectivity index (χ2n) is 9.11. The van der Waals surface area contributed by atoms with Crippen molar-refractivity contribution in [3.63, 3.8) is 0 Å². The Balaban J connectivity index is 1.33. The maximum atomic E-state index is 13.6. The zero-order chi connectivity index (χ0) is 25.5. The highest BCUT2D eigenvalue weighted by molar-refractivity contribution is 5.94. The normalized spacial score (nSPS) is 16.3. The van der Waals surface area contributed by atoms with Crippen LogP contribution in [0.2, 0.25) is 0 Å². The van der Waals surface area contributed by atoms with Crippen molar-refractivity contribution in [1.29, 1.82) is 0 Å². The van der Waals surface area contributed by atoms with Crippen LogP contribution >= 0.6 is 0 Å². The van der Waals surface area contributed by atoms with Crippen molar-refractivity contribution < 1.29 is 28.2 Å². The fourth-order valence-electron chi connectivity index (χ4n) is 4.45. The molecule has 0 saturated carbocycles. The summed E-state index contributed by atoms with van der Waals surface area (Å²) in [5.74, 6) is 1.59. The van der Waals surface area contributed by atoms with E-state index >= 15 is 0 Å². The molecule has 0 radical (unpaired) electrons. The third kappa shape index (κ3) is 6.59. The Bertz CT molecular complexity index is 1220. The number of carbonyl (C=O) groups excluding carboxylic acids is 2. The molecule has 192 valence electrons. The molecule has 1 unspecified atom stereocenters. The van der Waals surface area contributed by atoms with E-state index in [-0.39, 0.29) is 37.8 Å². The van der Waals surface area contributed by atoms with Gasteiger partial charge in [-0.05, 0) is 54.3 Å². The summed E-state index contributed by atoms with van der Waals surface area (Å²) in [5, 5.41) is 0. The smallest absolute Gasteiger partial charge is 0.247 e. The zero-order valence-electron chi connectivity index (χ0n) is 20.6. The van der Waals surface area contributed by atoms with Gasteiger partial charge in [0.2, 0.25) is 18.6 Å². The van der Waals surface area contributed by atoms with Crippen molar-refractivity contribution in [3.05, 3.63) is 89.9 Å². The first-order chi connectivity index (χ1) is 18.1. The lowest BCUT2D eigenvalue weighted by molar-refractivity contribution is -0.140. The number of amides is 2. The topological polar surface area (TPSA) is 81.5 Å². The summed E-state index contributed by atoms with van der Waals surface area (Å²) < 4.78 is 22.2. The van der Waals surface area contributed by atoms with Crippen LogP contribution in [0.25, 0.3) is 6.08 Å². The van der Waals surface area contributed by atoms with Gasteiger partial charge >= 0.3 is 0 Å². The highest BCUT2D eigenvalue weighted by Gasteiger charge is 2.26. The molecule has 2 aromatic carbocycles. The quantitative estimate of drug-likeness (QED) is 0.386. The Hall–Kier alpha value is -4.04. The van der Waals surface area contributed by atoms with Gasteiger partial charge in [0, 0.05) is 25.8 Å². The average molecular weight is 503 g/mol. The fraction of sp³-hybridized carbons (Fsp3) is 0.310. The summed E-state index contributed by atoms with van der Waals surface area (Å²) in [4.78, 5) is 30.1. The number of furan rings is 1. The van der Waals surface area contributed by atoms with Gasteiger partial charge < -0.3 is 28.4 Å². The van der Waals surface area contributed by atoms with Gasteiger partial charge in [0.1, 0.15) is 12.3 Å². The SMILES string of the molecule is O=C(C=Cc1ccccc1)N(CC(=O)N(Cc1ccc2c(c1)OCO2)Cc1ccco1)CC1CCCO1. The maximum Gasteiger partial charge on any atom is 0.247 e. The van der Waals surface area contributed by atoms with E-state index in [1.165, 1.54) is 6.08 Å². The van der Waals surface area contributed by atoms with Crippen LogP contribution in [0.15, 0.2) is 77.4 Å². The monoisotopic (exact) mass is 502 g/mol. The summed E-state index contributed by atoms with van der Waals surface area (Å²) >= 11 is 0. The first-order valence-electron chi connectivity index (χ1n) is 12.5. The van der Waals surface area contributed by atoms with Crippen LogP contribution in [-0.2, 0) is 27.4 Å². The van der Waals surface area contributed by atoms with Crippen molar-refractivity contribution in [2.45, 2.75) is 32.0 Å². The molecule has 2 aliphatic rings. The predicted molar refractivity (Wildman–Crippen MR) is 137 cm³/mol. The molecule has 1 fully saturated rings. The number of nitrogens with zero attached hydrogens (tertiary/aromatic N) is 2. The van der Waals surface area contributed by atoms with Crippen molar-refractivity contribution >= 4 is 17.9 Å². The lowest BCUT2D eigenvalue weighted by atomic mass is 10.1. The highest BCUT2D eigenvalue weighted by atomic mass is 16.7. The first kappa shape index (κ1) is 24.6. The van der Waals surface area contributed by atoms with Crippen LogP contribution in [0.4, 0.5) is 0 Å². The number of ether oxygens (including phenoxy) is 3. The molecule has 1 aromatic heterocycles. The molecule has 8 heteroatoms. The number of hydrogen-bond donors (Lipinski definition) is 0. The molecular formula is C29H30N2O6. The minimum absolute atomic E-state index is 0.0664. The minimum atomic E-state index is -0.228. The Morgan fingerprint density at radius 3 is 2.59 bits per heavy atom. The van der Waals surface area contributed by atoms with Gasteiger partial charge in [0.25, 0.3) is 0 Å². The fourth-order valence-corrected chi connectivity index (χ4v) is 4.45. The molecule has 0 spiro atoms. The van der Waals surface area contributed by atoms with E-state index < -0.39 is 0 Å². The van der Waals surface area contributed by atoms with Crippen LogP contribution in [0.3, 0.4) is 0 Å². The number of carbonyl (C=O) groups is 2. The number of fused-ring (bicyclic) bond motifs is 1. The van der Waals surface area contributed by atoms with E-state index in [0.717, 1.165) is 24.0 Å². The van der Waals surface area contributed by atoms with Gasteiger partial charge in [0.15, 0.2) is 11.5 Å². The summed E-state index contributed by atoms with van der Waals surface area (Å²) in [5.41, 5.74) is 1.81. The van der Waals surface area contributed by atoms with Crippen LogP contribution in [0, 0.1) is 0 Å². The molecule has 0 aliphatic carbocycles. The third-order valence-electron chi connectivity index (χ3n) is 6.39. The lowest BCUT2D eigenvalue weighted by Gasteiger charge is -2.28. The third-order valence-corrected chi connectivity index (χ3v) is 6.39. The highest BCUT2D eigenvalue weighted by Crippen LogP contribution is 2.33. The van der Waals surface area contributed by atoms with Crippen molar-refractivity contribution in [3.8, 4) is 11.5 Å². The Morgan fingerprint density at radius 1 is 0.946 bits per heavy atom. The molecule has 0 N–H and O–H groups in total. The molecule has 1 atom stereocenters. The van der Waals surface area contributed by atoms with E-state index in [1.807, 2.05) is 54.6 Å². The number of benzene rings is 2. The maximum absolute atomic E-state index is 13.6. The molecule has 3 aromatic rings. The average Bonchev–Trinajstić information content (AvgIpc) is 3.70. The standard InChI is InChI=1S/C29H30N2O6/c32-28(13-11-22-6-2-1-3-7-22)31(19-25-9-5-15-35-25)20-29(33)30(18-24-8-4-14-34-24)17-23-10-12-26-27(16-23)37-21-36-26/h1-4,6-8,10-14,16,25H,5,9,15,17-21H2. The second-order valence-corrected chi connectivity index (χ2v) is 9.11. The molecule has 1 saturated heterocycles. The van der Waals surface area contributed by atoms with Gasteiger partial charge in [-0.15, -0.1) is 0 Å². The summed E-state index contributed by atoms with van der Waals surface area (Å²) in [6.07, 6.45) is 6.62. The van der Waals surface area contributed by atoms with Gasteiger partial charge in [-0.2, -0.15) is 0 Å². The number of rotatable bonds is 10. The van der Waals surface area contributed by atoms with Gasteiger partial charge in [-0.25, -0.2) is 0 Å². The van der Waals surface area contributed by atoms with Gasteiger partial charge in [-0.3, -0.25) is 9.59 Å². The Kier molecular flexibility index (Phi) is 7.86. The summed E-state index contributed by atoms with van der Waals surface area (Å²) in [6.45, 7) is 1.77. The van der Waals surface area contributed by atoms with E-state index in [4.69, 9.17) is 18.6 Å². The predicted octanol–water partition coefficient (Wildman–Crippen LogP) is 4.26. The van der Waals surface area contributed by atoms with Crippen LogP contribution < -0.4 is 9.47 Å². The van der Waals surface area contributed by atoms with E-state index in [0.29, 0.717) is 37.0 Å². The molecular weight excluding hydrogens is 472 g/mol. The Labute approximate surface area is 216 Å². The summed E-state index contributed by atoms with van der Waals surface area (Å²) in [7, 11) is 0. The largest absolute Gasteiger partial charge is 0.467 e. The molecule has 3 heterocycles. The minimum Gasteiger partial charge on any atom is -0.467 e.